The maximum Gasteiger partial charge on any atom is 0.0970 e. The monoisotopic (exact) mass is 240 g/mol. The lowest BCUT2D eigenvalue weighted by atomic mass is 10.2. The van der Waals surface area contributed by atoms with Gasteiger partial charge in [0.1, 0.15) is 0 Å². The van der Waals surface area contributed by atoms with Gasteiger partial charge in [0.05, 0.1) is 22.8 Å². The fraction of sp³-hybridized carbons (Fsp3) is 0.636. The summed E-state index contributed by atoms with van der Waals surface area (Å²) in [5, 5.41) is 17.0. The van der Waals surface area contributed by atoms with Crippen LogP contribution in [-0.4, -0.2) is 22.4 Å². The Morgan fingerprint density at radius 2 is 2.44 bits per heavy atom. The van der Waals surface area contributed by atoms with Gasteiger partial charge >= 0.3 is 0 Å². The molecule has 0 aromatic carbocycles. The highest BCUT2D eigenvalue weighted by Crippen LogP contribution is 2.12. The zero-order valence-electron chi connectivity index (χ0n) is 9.70. The van der Waals surface area contributed by atoms with Crippen molar-refractivity contribution in [3.8, 4) is 6.07 Å². The van der Waals surface area contributed by atoms with E-state index in [1.807, 2.05) is 6.92 Å². The number of nitriles is 1. The Morgan fingerprint density at radius 3 is 2.94 bits per heavy atom. The van der Waals surface area contributed by atoms with E-state index in [-0.39, 0.29) is 6.04 Å². The summed E-state index contributed by atoms with van der Waals surface area (Å²) in [6.07, 6.45) is 3.57. The van der Waals surface area contributed by atoms with E-state index in [0.29, 0.717) is 11.6 Å². The maximum absolute atomic E-state index is 8.92. The van der Waals surface area contributed by atoms with E-state index < -0.39 is 0 Å². The number of hydrogen-bond donors (Lipinski definition) is 1. The Bertz CT molecular complexity index is 347. The smallest absolute Gasteiger partial charge is 0.0970 e. The highest BCUT2D eigenvalue weighted by atomic mass is 35.5. The molecule has 1 rings (SSSR count). The topological polar surface area (TPSA) is 53.6 Å². The van der Waals surface area contributed by atoms with Crippen molar-refractivity contribution in [2.75, 3.05) is 6.54 Å². The van der Waals surface area contributed by atoms with E-state index in [1.54, 1.807) is 10.9 Å². The number of halogens is 1. The predicted molar refractivity (Wildman–Crippen MR) is 64.3 cm³/mol. The highest BCUT2D eigenvalue weighted by molar-refractivity contribution is 6.31. The molecule has 1 unspecified atom stereocenters. The van der Waals surface area contributed by atoms with Crippen LogP contribution in [0, 0.1) is 18.3 Å². The second-order valence-electron chi connectivity index (χ2n) is 3.75. The average molecular weight is 241 g/mol. The Morgan fingerprint density at radius 1 is 1.69 bits per heavy atom. The molecule has 1 aromatic rings. The first-order valence-corrected chi connectivity index (χ1v) is 5.87. The van der Waals surface area contributed by atoms with Gasteiger partial charge in [-0.05, 0) is 26.3 Å². The molecule has 0 radical (unpaired) electrons. The number of rotatable bonds is 6. The molecular formula is C11H17ClN4. The summed E-state index contributed by atoms with van der Waals surface area (Å²) < 4.78 is 1.79. The standard InChI is InChI=1S/C11H17ClN4/c1-3-5-14-10(7-13)4-6-16-8-11(12)9(2)15-16/h8,10,14H,3-6H2,1-2H3. The summed E-state index contributed by atoms with van der Waals surface area (Å²) >= 11 is 5.90. The molecule has 5 heteroatoms. The van der Waals surface area contributed by atoms with Gasteiger partial charge in [-0.15, -0.1) is 0 Å². The largest absolute Gasteiger partial charge is 0.302 e. The van der Waals surface area contributed by atoms with Crippen molar-refractivity contribution in [1.29, 1.82) is 5.26 Å². The van der Waals surface area contributed by atoms with Crippen molar-refractivity contribution >= 4 is 11.6 Å². The van der Waals surface area contributed by atoms with Crippen LogP contribution in [0.2, 0.25) is 5.02 Å². The van der Waals surface area contributed by atoms with Gasteiger partial charge in [0, 0.05) is 12.7 Å². The lowest BCUT2D eigenvalue weighted by molar-refractivity contribution is 0.491. The molecule has 0 aliphatic carbocycles. The average Bonchev–Trinajstić information content (AvgIpc) is 2.59. The van der Waals surface area contributed by atoms with Crippen LogP contribution in [0.3, 0.4) is 0 Å². The second-order valence-corrected chi connectivity index (χ2v) is 4.16. The van der Waals surface area contributed by atoms with E-state index in [9.17, 15) is 0 Å². The van der Waals surface area contributed by atoms with Gasteiger partial charge in [0.2, 0.25) is 0 Å². The first kappa shape index (κ1) is 13.0. The molecule has 1 atom stereocenters. The number of aromatic nitrogens is 2. The summed E-state index contributed by atoms with van der Waals surface area (Å²) in [7, 11) is 0. The minimum absolute atomic E-state index is 0.108. The van der Waals surface area contributed by atoms with Crippen molar-refractivity contribution in [2.45, 2.75) is 39.3 Å². The minimum Gasteiger partial charge on any atom is -0.302 e. The Balaban J connectivity index is 2.40. The van der Waals surface area contributed by atoms with Crippen LogP contribution in [0.4, 0.5) is 0 Å². The zero-order valence-corrected chi connectivity index (χ0v) is 10.5. The van der Waals surface area contributed by atoms with E-state index >= 15 is 0 Å². The van der Waals surface area contributed by atoms with Crippen LogP contribution < -0.4 is 5.32 Å². The predicted octanol–water partition coefficient (Wildman–Crippen LogP) is 2.13. The molecule has 0 saturated heterocycles. The molecule has 1 heterocycles. The summed E-state index contributed by atoms with van der Waals surface area (Å²) in [5.74, 6) is 0. The first-order chi connectivity index (χ1) is 7.67. The summed E-state index contributed by atoms with van der Waals surface area (Å²) in [5.41, 5.74) is 0.830. The van der Waals surface area contributed by atoms with Crippen molar-refractivity contribution in [3.05, 3.63) is 16.9 Å². The highest BCUT2D eigenvalue weighted by Gasteiger charge is 2.07. The quantitative estimate of drug-likeness (QED) is 0.829. The van der Waals surface area contributed by atoms with E-state index in [1.165, 1.54) is 0 Å². The molecular weight excluding hydrogens is 224 g/mol. The molecule has 16 heavy (non-hydrogen) atoms. The van der Waals surface area contributed by atoms with Crippen LogP contribution >= 0.6 is 11.6 Å². The molecule has 0 amide bonds. The molecule has 0 aliphatic rings. The van der Waals surface area contributed by atoms with E-state index in [0.717, 1.165) is 25.1 Å². The summed E-state index contributed by atoms with van der Waals surface area (Å²) in [6.45, 7) is 5.54. The summed E-state index contributed by atoms with van der Waals surface area (Å²) in [4.78, 5) is 0. The second kappa shape index (κ2) is 6.51. The molecule has 0 spiro atoms. The maximum atomic E-state index is 8.92. The third kappa shape index (κ3) is 3.84. The van der Waals surface area contributed by atoms with E-state index in [2.05, 4.69) is 23.4 Å². The van der Waals surface area contributed by atoms with Gasteiger partial charge in [0.15, 0.2) is 0 Å². The first-order valence-electron chi connectivity index (χ1n) is 5.50. The third-order valence-electron chi connectivity index (χ3n) is 2.33. The molecule has 1 aromatic heterocycles. The lowest BCUT2D eigenvalue weighted by Gasteiger charge is -2.10. The molecule has 1 N–H and O–H groups in total. The number of hydrogen-bond acceptors (Lipinski definition) is 3. The van der Waals surface area contributed by atoms with Gasteiger partial charge in [-0.1, -0.05) is 18.5 Å². The third-order valence-corrected chi connectivity index (χ3v) is 2.70. The molecule has 0 saturated carbocycles. The lowest BCUT2D eigenvalue weighted by Crippen LogP contribution is -2.29. The molecule has 88 valence electrons. The van der Waals surface area contributed by atoms with Crippen LogP contribution in [0.25, 0.3) is 0 Å². The van der Waals surface area contributed by atoms with Crippen molar-refractivity contribution < 1.29 is 0 Å². The SMILES string of the molecule is CCCNC(C#N)CCn1cc(Cl)c(C)n1. The van der Waals surface area contributed by atoms with Crippen molar-refractivity contribution in [3.63, 3.8) is 0 Å². The molecule has 0 bridgehead atoms. The minimum atomic E-state index is -0.108. The van der Waals surface area contributed by atoms with Crippen LogP contribution in [0.1, 0.15) is 25.5 Å². The van der Waals surface area contributed by atoms with Gasteiger partial charge < -0.3 is 5.32 Å². The Kier molecular flexibility index (Phi) is 5.30. The summed E-state index contributed by atoms with van der Waals surface area (Å²) in [6, 6.07) is 2.14. The molecule has 0 aliphatic heterocycles. The van der Waals surface area contributed by atoms with Gasteiger partial charge in [-0.3, -0.25) is 4.68 Å². The Labute approximate surface area is 101 Å². The van der Waals surface area contributed by atoms with Crippen LogP contribution in [-0.2, 0) is 6.54 Å². The van der Waals surface area contributed by atoms with Crippen LogP contribution in [0.15, 0.2) is 6.20 Å². The fourth-order valence-corrected chi connectivity index (χ4v) is 1.55. The molecule has 0 fully saturated rings. The van der Waals surface area contributed by atoms with Gasteiger partial charge in [-0.25, -0.2) is 0 Å². The van der Waals surface area contributed by atoms with Crippen molar-refractivity contribution in [1.82, 2.24) is 15.1 Å². The molecule has 4 nitrogen and oxygen atoms in total. The van der Waals surface area contributed by atoms with Crippen molar-refractivity contribution in [2.24, 2.45) is 0 Å². The van der Waals surface area contributed by atoms with Gasteiger partial charge in [0.25, 0.3) is 0 Å². The fourth-order valence-electron chi connectivity index (χ4n) is 1.40. The van der Waals surface area contributed by atoms with Gasteiger partial charge in [-0.2, -0.15) is 10.4 Å². The normalized spacial score (nSPS) is 12.4. The Hall–Kier alpha value is -1.05. The number of nitrogens with zero attached hydrogens (tertiary/aromatic N) is 3. The van der Waals surface area contributed by atoms with E-state index in [4.69, 9.17) is 16.9 Å². The van der Waals surface area contributed by atoms with Crippen LogP contribution in [0.5, 0.6) is 0 Å². The zero-order chi connectivity index (χ0) is 12.0. The number of nitrogens with one attached hydrogen (secondary N) is 1. The number of aryl methyl sites for hydroxylation is 2.